The molecule has 13 nitrogen and oxygen atoms in total. The topological polar surface area (TPSA) is 191 Å². The van der Waals surface area contributed by atoms with Crippen molar-refractivity contribution in [3.05, 3.63) is 66.6 Å². The summed E-state index contributed by atoms with van der Waals surface area (Å²) in [5.41, 5.74) is 4.67. The van der Waals surface area contributed by atoms with Gasteiger partial charge < -0.3 is 60.5 Å². The molecule has 4 fully saturated rings. The number of fused-ring (bicyclic) bond motifs is 8. The molecule has 63 heavy (non-hydrogen) atoms. The van der Waals surface area contributed by atoms with Crippen molar-refractivity contribution in [2.45, 2.75) is 192 Å². The third-order valence-electron chi connectivity index (χ3n) is 12.9. The number of pyridine rings is 2. The Bertz CT molecular complexity index is 1280. The molecule has 8 atom stereocenters. The van der Waals surface area contributed by atoms with E-state index in [4.69, 9.17) is 40.1 Å². The van der Waals surface area contributed by atoms with Gasteiger partial charge in [-0.3, -0.25) is 14.8 Å². The number of nitrogens with one attached hydrogen (secondary N) is 8. The number of hydrogen-bond acceptors (Lipinski definition) is 11. The van der Waals surface area contributed by atoms with Gasteiger partial charge in [0.2, 0.25) is 0 Å². The van der Waals surface area contributed by atoms with Gasteiger partial charge in [0.05, 0.1) is 22.8 Å². The van der Waals surface area contributed by atoms with Crippen LogP contribution < -0.4 is 42.5 Å². The van der Waals surface area contributed by atoms with Crippen molar-refractivity contribution in [1.29, 1.82) is 0 Å². The Labute approximate surface area is 406 Å². The van der Waals surface area contributed by atoms with Crippen LogP contribution in [0.15, 0.2) is 36.4 Å². The monoisotopic (exact) mass is 1000 g/mol. The second kappa shape index (κ2) is 35.2. The minimum atomic E-state index is -0.833. The van der Waals surface area contributed by atoms with Gasteiger partial charge >= 0.3 is 33.3 Å². The number of halogens is 2. The molecule has 2 aliphatic heterocycles. The van der Waals surface area contributed by atoms with Crippen LogP contribution in [0.3, 0.4) is 0 Å². The van der Waals surface area contributed by atoms with Gasteiger partial charge in [0.25, 0.3) is 5.97 Å². The number of nitrogens with zero attached hydrogens (tertiary/aromatic N) is 2. The normalized spacial score (nSPS) is 28.7. The average Bonchev–Trinajstić information content (AvgIpc) is 3.26. The smallest absolute Gasteiger partial charge is 0.0545 e. The summed E-state index contributed by atoms with van der Waals surface area (Å²) in [6, 6.07) is 17.6. The molecule has 11 N–H and O–H groups in total. The molecule has 0 spiro atoms. The summed E-state index contributed by atoms with van der Waals surface area (Å²) >= 11 is 0.00694. The van der Waals surface area contributed by atoms with E-state index >= 15 is 0 Å². The van der Waals surface area contributed by atoms with E-state index in [1.807, 2.05) is 0 Å². The summed E-state index contributed by atoms with van der Waals surface area (Å²) in [5.74, 6) is -0.833. The molecule has 0 aromatic carbocycles. The first-order valence-electron chi connectivity index (χ1n) is 22.7. The number of carboxylic acid groups (broad SMARTS) is 1. The second-order valence-electron chi connectivity index (χ2n) is 17.1. The quantitative estimate of drug-likeness (QED) is 0.113. The van der Waals surface area contributed by atoms with E-state index in [1.54, 1.807) is 0 Å². The first kappa shape index (κ1) is 60.0. The molecule has 4 bridgehead atoms. The van der Waals surface area contributed by atoms with Crippen molar-refractivity contribution < 1.29 is 45.6 Å². The molecule has 4 saturated carbocycles. The molecular formula is C46H83Cl2Mn2N10O3-. The van der Waals surface area contributed by atoms with E-state index in [9.17, 15) is 0 Å². The predicted molar refractivity (Wildman–Crippen MR) is 254 cm³/mol. The molecule has 0 saturated heterocycles. The summed E-state index contributed by atoms with van der Waals surface area (Å²) in [5, 5.41) is 37.9. The Morgan fingerprint density at radius 1 is 0.508 bits per heavy atom. The summed E-state index contributed by atoms with van der Waals surface area (Å²) in [6.07, 6.45) is 21.0. The Balaban J connectivity index is 0.000000520. The van der Waals surface area contributed by atoms with Crippen molar-refractivity contribution in [2.24, 2.45) is 0 Å². The number of aromatic nitrogens is 2. The molecule has 2 aromatic heterocycles. The fraction of sp³-hybridized carbons (Fsp3) is 0.739. The van der Waals surface area contributed by atoms with E-state index in [1.165, 1.54) is 126 Å². The molecule has 4 aliphatic carbocycles. The Morgan fingerprint density at radius 2 is 0.683 bits per heavy atom. The molecule has 0 unspecified atom stereocenters. The summed E-state index contributed by atoms with van der Waals surface area (Å²) in [4.78, 5) is 18.8. The van der Waals surface area contributed by atoms with Gasteiger partial charge in [-0.15, -0.1) is 0 Å². The van der Waals surface area contributed by atoms with Crippen molar-refractivity contribution in [3.8, 4) is 0 Å². The maximum Gasteiger partial charge on any atom is 0.0545 e. The van der Waals surface area contributed by atoms with E-state index < -0.39 is 5.97 Å². The molecule has 1 radical (unpaired) electrons. The number of carboxylic acids is 1. The van der Waals surface area contributed by atoms with Gasteiger partial charge in [-0.05, 0) is 75.6 Å². The zero-order valence-electron chi connectivity index (χ0n) is 37.3. The standard InChI is InChI=1S/2C21H35N5.C2H4O2.CH4.CH3.2ClH.2Mn.H2O/c2*1-3-10-20-18(8-1)22-12-13-23-19-9-2-4-11-21(19)25-15-17-7-5-6-16(26-17)14-24-20;1-2(3)4;;;;;;;/h2*5-7,18-25H,1-4,8-15H2;1H3,(H,3,4);1H4;1H3;2*1H;;;1H2/q;;;;-1;;;;+2;/p-2/t2*18-,19-,20-,21-;;;;;;;;/m11......../s1. The first-order chi connectivity index (χ1) is 28.9. The zero-order chi connectivity index (χ0) is 41.5. The largest absolute Gasteiger partial charge is 0.311 e. The first-order valence-corrected chi connectivity index (χ1v) is 26.0. The third-order valence-corrected chi connectivity index (χ3v) is 12.9. The molecule has 6 aliphatic rings. The Kier molecular flexibility index (Phi) is 33.6. The van der Waals surface area contributed by atoms with Crippen LogP contribution in [0.25, 0.3) is 0 Å². The van der Waals surface area contributed by atoms with Crippen LogP contribution in [0.4, 0.5) is 0 Å². The maximum atomic E-state index is 9.00. The molecule has 17 heteroatoms. The van der Waals surface area contributed by atoms with Crippen molar-refractivity contribution in [1.82, 2.24) is 52.5 Å². The van der Waals surface area contributed by atoms with Crippen LogP contribution in [0.1, 0.15) is 140 Å². The molecule has 364 valence electrons. The fourth-order valence-corrected chi connectivity index (χ4v) is 9.90. The minimum absolute atomic E-state index is 0. The number of carbonyl (C=O) groups is 1. The molecule has 4 heterocycles. The van der Waals surface area contributed by atoms with Crippen molar-refractivity contribution >= 4 is 26.2 Å². The number of hydrogen-bond donors (Lipinski definition) is 9. The van der Waals surface area contributed by atoms with Gasteiger partial charge in [-0.25, -0.2) is 0 Å². The Hall–Kier alpha value is -0.971. The second-order valence-corrected chi connectivity index (χ2v) is 19.1. The van der Waals surface area contributed by atoms with Gasteiger partial charge in [0.15, 0.2) is 0 Å². The average molecular weight is 1010 g/mol. The van der Waals surface area contributed by atoms with E-state index in [-0.39, 0.29) is 50.5 Å². The van der Waals surface area contributed by atoms with Gasteiger partial charge in [-0.2, -0.15) is 0 Å². The van der Waals surface area contributed by atoms with E-state index in [0.29, 0.717) is 48.3 Å². The zero-order valence-corrected chi connectivity index (χ0v) is 41.2. The van der Waals surface area contributed by atoms with E-state index in [2.05, 4.69) is 78.9 Å². The third kappa shape index (κ3) is 22.6. The number of rotatable bonds is 0. The molecule has 8 rings (SSSR count). The van der Waals surface area contributed by atoms with Crippen LogP contribution in [0.2, 0.25) is 0 Å². The van der Waals surface area contributed by atoms with Crippen molar-refractivity contribution in [2.75, 3.05) is 26.2 Å². The fourth-order valence-electron chi connectivity index (χ4n) is 9.90. The summed E-state index contributed by atoms with van der Waals surface area (Å²) in [7, 11) is 9.59. The molecule has 2 aromatic rings. The van der Waals surface area contributed by atoms with Crippen LogP contribution in [-0.2, 0) is 61.2 Å². The summed E-state index contributed by atoms with van der Waals surface area (Å²) < 4.78 is 0. The van der Waals surface area contributed by atoms with Crippen molar-refractivity contribution in [3.63, 3.8) is 0 Å². The molecular weight excluding hydrogens is 921 g/mol. The molecule has 0 amide bonds. The predicted octanol–water partition coefficient (Wildman–Crippen LogP) is 5.88. The van der Waals surface area contributed by atoms with Gasteiger partial charge in [-0.1, -0.05) is 70.9 Å². The van der Waals surface area contributed by atoms with Gasteiger partial charge in [0, 0.05) is 125 Å². The van der Waals surface area contributed by atoms with Gasteiger partial charge in [0.1, 0.15) is 0 Å². The van der Waals surface area contributed by atoms with Crippen LogP contribution in [0.5, 0.6) is 0 Å². The minimum Gasteiger partial charge on any atom is -0.311 e. The number of aliphatic carboxylic acids is 1. The van der Waals surface area contributed by atoms with E-state index in [0.717, 1.165) is 59.3 Å². The van der Waals surface area contributed by atoms with Crippen LogP contribution in [-0.4, -0.2) is 101 Å². The Morgan fingerprint density at radius 3 is 0.873 bits per heavy atom. The van der Waals surface area contributed by atoms with Crippen LogP contribution >= 0.6 is 20.2 Å². The summed E-state index contributed by atoms with van der Waals surface area (Å²) in [6.45, 7) is 8.86. The SMILES string of the molecule is C.CC(=O)O.O.[CH3-].[Cl][Mn][Cl].[Mn].c1cc2nc(c1)CN[C@@H]1CCCC[C@H]1NCCN[C@@H]1CCCC[C@H]1NC2.c1cc2nc(c1)CN[C@@H]1CCCC[C@H]1NCCN[C@@H]1CCCC[C@H]1NC2. The maximum absolute atomic E-state index is 9.00. The van der Waals surface area contributed by atoms with Crippen LogP contribution in [0, 0.1) is 7.43 Å².